The summed E-state index contributed by atoms with van der Waals surface area (Å²) in [6.07, 6.45) is 0. The van der Waals surface area contributed by atoms with Crippen LogP contribution in [0.4, 0.5) is 10.1 Å². The van der Waals surface area contributed by atoms with Crippen LogP contribution in [-0.2, 0) is 6.54 Å². The number of nitrogens with one attached hydrogen (secondary N) is 1. The highest BCUT2D eigenvalue weighted by Crippen LogP contribution is 2.19. The van der Waals surface area contributed by atoms with E-state index in [4.69, 9.17) is 0 Å². The van der Waals surface area contributed by atoms with Gasteiger partial charge in [0.05, 0.1) is 6.54 Å². The third kappa shape index (κ3) is 2.77. The summed E-state index contributed by atoms with van der Waals surface area (Å²) in [6, 6.07) is 7.91. The van der Waals surface area contributed by atoms with E-state index in [9.17, 15) is 9.50 Å². The summed E-state index contributed by atoms with van der Waals surface area (Å²) in [4.78, 5) is 4.23. The molecule has 3 nitrogen and oxygen atoms in total. The van der Waals surface area contributed by atoms with Crippen molar-refractivity contribution in [2.75, 3.05) is 5.32 Å². The molecule has 2 aromatic rings. The van der Waals surface area contributed by atoms with Gasteiger partial charge < -0.3 is 10.4 Å². The largest absolute Gasteiger partial charge is 0.506 e. The Morgan fingerprint density at radius 2 is 2.00 bits per heavy atom. The minimum atomic E-state index is -0.287. The van der Waals surface area contributed by atoms with Crippen LogP contribution >= 0.6 is 0 Å². The van der Waals surface area contributed by atoms with E-state index in [2.05, 4.69) is 10.3 Å². The van der Waals surface area contributed by atoms with E-state index >= 15 is 0 Å². The number of rotatable bonds is 3. The summed E-state index contributed by atoms with van der Waals surface area (Å²) in [5.41, 5.74) is 3.04. The molecule has 0 spiro atoms. The number of pyridine rings is 1. The predicted molar refractivity (Wildman–Crippen MR) is 69.1 cm³/mol. The number of hydrogen-bond acceptors (Lipinski definition) is 3. The van der Waals surface area contributed by atoms with Gasteiger partial charge in [0.25, 0.3) is 0 Å². The van der Waals surface area contributed by atoms with Crippen molar-refractivity contribution in [3.63, 3.8) is 0 Å². The first-order chi connectivity index (χ1) is 8.56. The van der Waals surface area contributed by atoms with Gasteiger partial charge in [-0.05, 0) is 43.7 Å². The summed E-state index contributed by atoms with van der Waals surface area (Å²) < 4.78 is 13.1. The van der Waals surface area contributed by atoms with Gasteiger partial charge in [-0.15, -0.1) is 0 Å². The maximum absolute atomic E-state index is 13.1. The lowest BCUT2D eigenvalue weighted by Crippen LogP contribution is -2.04. The molecule has 1 heterocycles. The number of aryl methyl sites for hydroxylation is 2. The first-order valence-electron chi connectivity index (χ1n) is 5.72. The second-order valence-corrected chi connectivity index (χ2v) is 4.23. The number of nitrogens with zero attached hydrogens (tertiary/aromatic N) is 1. The smallest absolute Gasteiger partial charge is 0.138 e. The van der Waals surface area contributed by atoms with E-state index in [1.807, 2.05) is 13.8 Å². The van der Waals surface area contributed by atoms with Crippen LogP contribution in [0.2, 0.25) is 0 Å². The number of halogens is 1. The van der Waals surface area contributed by atoms with Crippen molar-refractivity contribution in [1.29, 1.82) is 0 Å². The predicted octanol–water partition coefficient (Wildman–Crippen LogP) is 3.16. The summed E-state index contributed by atoms with van der Waals surface area (Å²) in [6.45, 7) is 4.11. The Hall–Kier alpha value is -2.10. The van der Waals surface area contributed by atoms with Crippen LogP contribution < -0.4 is 5.32 Å². The Bertz CT molecular complexity index is 518. The van der Waals surface area contributed by atoms with Crippen LogP contribution in [0.1, 0.15) is 17.0 Å². The fourth-order valence-electron chi connectivity index (χ4n) is 1.70. The molecule has 0 unspecified atom stereocenters. The average molecular weight is 246 g/mol. The minimum Gasteiger partial charge on any atom is -0.506 e. The molecule has 94 valence electrons. The Morgan fingerprint density at radius 3 is 2.78 bits per heavy atom. The van der Waals surface area contributed by atoms with E-state index in [0.717, 1.165) is 11.3 Å². The lowest BCUT2D eigenvalue weighted by atomic mass is 10.2. The Balaban J connectivity index is 2.16. The highest BCUT2D eigenvalue weighted by Gasteiger charge is 2.05. The van der Waals surface area contributed by atoms with Gasteiger partial charge in [0.1, 0.15) is 17.3 Å². The third-order valence-corrected chi connectivity index (χ3v) is 2.74. The van der Waals surface area contributed by atoms with Gasteiger partial charge in [-0.25, -0.2) is 4.39 Å². The molecule has 0 saturated heterocycles. The van der Waals surface area contributed by atoms with Gasteiger partial charge in [0.15, 0.2) is 0 Å². The van der Waals surface area contributed by atoms with Crippen molar-refractivity contribution in [3.8, 4) is 5.75 Å². The van der Waals surface area contributed by atoms with Gasteiger partial charge in [-0.1, -0.05) is 6.07 Å². The van der Waals surface area contributed by atoms with Gasteiger partial charge in [-0.2, -0.15) is 0 Å². The monoisotopic (exact) mass is 246 g/mol. The maximum atomic E-state index is 13.1. The molecule has 1 aromatic carbocycles. The summed E-state index contributed by atoms with van der Waals surface area (Å²) in [5.74, 6) is -0.147. The van der Waals surface area contributed by atoms with Crippen molar-refractivity contribution in [2.45, 2.75) is 20.4 Å². The van der Waals surface area contributed by atoms with Gasteiger partial charge >= 0.3 is 0 Å². The molecular weight excluding hydrogens is 231 g/mol. The lowest BCUT2D eigenvalue weighted by molar-refractivity contribution is 0.464. The molecule has 0 amide bonds. The first-order valence-corrected chi connectivity index (χ1v) is 5.72. The first kappa shape index (κ1) is 12.4. The molecule has 2 rings (SSSR count). The van der Waals surface area contributed by atoms with Crippen LogP contribution in [0.3, 0.4) is 0 Å². The third-order valence-electron chi connectivity index (χ3n) is 2.74. The Morgan fingerprint density at radius 1 is 1.22 bits per heavy atom. The maximum Gasteiger partial charge on any atom is 0.138 e. The zero-order valence-electron chi connectivity index (χ0n) is 10.4. The average Bonchev–Trinajstić information content (AvgIpc) is 2.34. The molecule has 0 saturated carbocycles. The Labute approximate surface area is 105 Å². The molecular formula is C14H15FN2O. The van der Waals surface area contributed by atoms with Crippen LogP contribution in [-0.4, -0.2) is 10.1 Å². The molecule has 0 bridgehead atoms. The molecule has 0 aliphatic carbocycles. The van der Waals surface area contributed by atoms with Crippen molar-refractivity contribution in [1.82, 2.24) is 4.98 Å². The molecule has 0 atom stereocenters. The molecule has 0 fully saturated rings. The van der Waals surface area contributed by atoms with Crippen LogP contribution in [0.5, 0.6) is 5.75 Å². The van der Waals surface area contributed by atoms with E-state index < -0.39 is 0 Å². The quantitative estimate of drug-likeness (QED) is 0.874. The second-order valence-electron chi connectivity index (χ2n) is 4.23. The van der Waals surface area contributed by atoms with Crippen LogP contribution in [0.25, 0.3) is 0 Å². The number of anilines is 1. The number of benzene rings is 1. The highest BCUT2D eigenvalue weighted by molar-refractivity contribution is 5.51. The normalized spacial score (nSPS) is 10.4. The van der Waals surface area contributed by atoms with Crippen LogP contribution in [0.15, 0.2) is 30.3 Å². The van der Waals surface area contributed by atoms with Gasteiger partial charge in [-0.3, -0.25) is 4.98 Å². The minimum absolute atomic E-state index is 0.141. The SMILES string of the molecule is Cc1ccc(O)c(CNc2cc(F)ccc2C)n1. The fraction of sp³-hybridized carbons (Fsp3) is 0.214. The molecule has 4 heteroatoms. The molecule has 0 radical (unpaired) electrons. The van der Waals surface area contributed by atoms with Crippen molar-refractivity contribution < 1.29 is 9.50 Å². The lowest BCUT2D eigenvalue weighted by Gasteiger charge is -2.10. The van der Waals surface area contributed by atoms with Crippen molar-refractivity contribution >= 4 is 5.69 Å². The van der Waals surface area contributed by atoms with E-state index in [1.54, 1.807) is 18.2 Å². The van der Waals surface area contributed by atoms with Gasteiger partial charge in [0, 0.05) is 11.4 Å². The Kier molecular flexibility index (Phi) is 3.46. The number of aromatic hydroxyl groups is 1. The number of hydrogen-bond donors (Lipinski definition) is 2. The zero-order chi connectivity index (χ0) is 13.1. The molecule has 0 aliphatic heterocycles. The standard InChI is InChI=1S/C14H15FN2O/c1-9-3-5-11(15)7-12(9)16-8-13-14(18)6-4-10(2)17-13/h3-7,16,18H,8H2,1-2H3. The summed E-state index contributed by atoms with van der Waals surface area (Å²) >= 11 is 0. The molecule has 1 aromatic heterocycles. The van der Waals surface area contributed by atoms with Crippen molar-refractivity contribution in [3.05, 3.63) is 53.1 Å². The summed E-state index contributed by atoms with van der Waals surface area (Å²) in [7, 11) is 0. The van der Waals surface area contributed by atoms with E-state index in [1.165, 1.54) is 12.1 Å². The fourth-order valence-corrected chi connectivity index (χ4v) is 1.70. The molecule has 0 aliphatic rings. The van der Waals surface area contributed by atoms with Gasteiger partial charge in [0.2, 0.25) is 0 Å². The summed E-state index contributed by atoms with van der Waals surface area (Å²) in [5, 5.41) is 12.7. The molecule has 18 heavy (non-hydrogen) atoms. The topological polar surface area (TPSA) is 45.1 Å². The van der Waals surface area contributed by atoms with E-state index in [0.29, 0.717) is 17.9 Å². The van der Waals surface area contributed by atoms with Crippen LogP contribution in [0, 0.1) is 19.7 Å². The number of aromatic nitrogens is 1. The molecule has 2 N–H and O–H groups in total. The van der Waals surface area contributed by atoms with Crippen molar-refractivity contribution in [2.24, 2.45) is 0 Å². The zero-order valence-corrected chi connectivity index (χ0v) is 10.4. The van der Waals surface area contributed by atoms with E-state index in [-0.39, 0.29) is 11.6 Å². The highest BCUT2D eigenvalue weighted by atomic mass is 19.1. The second kappa shape index (κ2) is 5.04.